The average Bonchev–Trinajstić information content (AvgIpc) is 2.47. The first-order valence-corrected chi connectivity index (χ1v) is 7.08. The molecule has 3 rings (SSSR count). The van der Waals surface area contributed by atoms with E-state index in [0.29, 0.717) is 16.7 Å². The number of rotatable bonds is 2. The molecular formula is C17H13ClFN3. The summed E-state index contributed by atoms with van der Waals surface area (Å²) < 4.78 is 13.1. The molecule has 22 heavy (non-hydrogen) atoms. The third-order valence-electron chi connectivity index (χ3n) is 3.27. The molecule has 3 aromatic rings. The van der Waals surface area contributed by atoms with Crippen LogP contribution < -0.4 is 5.73 Å². The number of pyridine rings is 2. The van der Waals surface area contributed by atoms with Crippen molar-refractivity contribution in [3.8, 4) is 22.4 Å². The second-order valence-corrected chi connectivity index (χ2v) is 5.35. The Kier molecular flexibility index (Phi) is 3.77. The molecule has 0 saturated heterocycles. The fourth-order valence-corrected chi connectivity index (χ4v) is 2.57. The van der Waals surface area contributed by atoms with Gasteiger partial charge in [0, 0.05) is 16.8 Å². The molecule has 0 aliphatic carbocycles. The van der Waals surface area contributed by atoms with Crippen LogP contribution in [0.3, 0.4) is 0 Å². The van der Waals surface area contributed by atoms with Crippen molar-refractivity contribution in [2.24, 2.45) is 0 Å². The molecule has 3 nitrogen and oxygen atoms in total. The Bertz CT molecular complexity index is 812. The van der Waals surface area contributed by atoms with Crippen LogP contribution in [0.25, 0.3) is 22.4 Å². The van der Waals surface area contributed by atoms with Crippen molar-refractivity contribution in [1.82, 2.24) is 9.97 Å². The van der Waals surface area contributed by atoms with Gasteiger partial charge in [0.05, 0.1) is 5.69 Å². The van der Waals surface area contributed by atoms with E-state index in [9.17, 15) is 4.39 Å². The van der Waals surface area contributed by atoms with Gasteiger partial charge in [-0.15, -0.1) is 0 Å². The lowest BCUT2D eigenvalue weighted by Crippen LogP contribution is -1.96. The Balaban J connectivity index is 2.22. The number of hydrogen-bond donors (Lipinski definition) is 1. The number of nitrogens with zero attached hydrogens (tertiary/aromatic N) is 2. The monoisotopic (exact) mass is 313 g/mol. The molecule has 0 bridgehead atoms. The van der Waals surface area contributed by atoms with E-state index in [1.54, 1.807) is 24.3 Å². The second-order valence-electron chi connectivity index (χ2n) is 4.96. The van der Waals surface area contributed by atoms with Crippen molar-refractivity contribution in [3.63, 3.8) is 0 Å². The number of hydrogen-bond acceptors (Lipinski definition) is 3. The Morgan fingerprint density at radius 2 is 1.68 bits per heavy atom. The molecule has 0 unspecified atom stereocenters. The largest absolute Gasteiger partial charge is 0.384 e. The van der Waals surface area contributed by atoms with Gasteiger partial charge in [0.1, 0.15) is 16.8 Å². The standard InChI is InChI=1S/C17H13ClFN3/c1-10-8-12(9-15(18)21-10)14-6-7-16(20)22-17(14)11-2-4-13(19)5-3-11/h2-9H,1H3,(H2,20,22). The van der Waals surface area contributed by atoms with Crippen LogP contribution in [0.2, 0.25) is 5.15 Å². The molecule has 0 aliphatic rings. The first-order valence-electron chi connectivity index (χ1n) is 6.70. The molecule has 0 atom stereocenters. The summed E-state index contributed by atoms with van der Waals surface area (Å²) in [6.07, 6.45) is 0. The summed E-state index contributed by atoms with van der Waals surface area (Å²) in [4.78, 5) is 8.56. The van der Waals surface area contributed by atoms with E-state index in [4.69, 9.17) is 17.3 Å². The molecule has 0 radical (unpaired) electrons. The van der Waals surface area contributed by atoms with Gasteiger partial charge < -0.3 is 5.73 Å². The lowest BCUT2D eigenvalue weighted by Gasteiger charge is -2.11. The van der Waals surface area contributed by atoms with Crippen molar-refractivity contribution in [1.29, 1.82) is 0 Å². The molecular weight excluding hydrogens is 301 g/mol. The first kappa shape index (κ1) is 14.5. The summed E-state index contributed by atoms with van der Waals surface area (Å²) in [6.45, 7) is 1.87. The van der Waals surface area contributed by atoms with Crippen LogP contribution in [0, 0.1) is 12.7 Å². The van der Waals surface area contributed by atoms with Crippen LogP contribution in [0.4, 0.5) is 10.2 Å². The predicted octanol–water partition coefficient (Wildman–Crippen LogP) is 4.49. The summed E-state index contributed by atoms with van der Waals surface area (Å²) in [5, 5.41) is 0.414. The number of benzene rings is 1. The number of halogens is 2. The van der Waals surface area contributed by atoms with Crippen LogP contribution in [0.15, 0.2) is 48.5 Å². The average molecular weight is 314 g/mol. The van der Waals surface area contributed by atoms with E-state index >= 15 is 0 Å². The molecule has 0 aliphatic heterocycles. The molecule has 0 saturated carbocycles. The first-order chi connectivity index (χ1) is 10.5. The van der Waals surface area contributed by atoms with Gasteiger partial charge in [0.2, 0.25) is 0 Å². The number of aromatic nitrogens is 2. The molecule has 2 heterocycles. The van der Waals surface area contributed by atoms with Crippen molar-refractivity contribution in [2.45, 2.75) is 6.92 Å². The maximum absolute atomic E-state index is 13.1. The molecule has 0 amide bonds. The Labute approximate surface area is 132 Å². The van der Waals surface area contributed by atoms with Gasteiger partial charge in [-0.3, -0.25) is 0 Å². The highest BCUT2D eigenvalue weighted by Crippen LogP contribution is 2.32. The van der Waals surface area contributed by atoms with Gasteiger partial charge in [-0.2, -0.15) is 0 Å². The van der Waals surface area contributed by atoms with Gasteiger partial charge in [-0.05, 0) is 61.0 Å². The summed E-state index contributed by atoms with van der Waals surface area (Å²) in [5.41, 5.74) is 9.85. The maximum atomic E-state index is 13.1. The Morgan fingerprint density at radius 3 is 2.36 bits per heavy atom. The molecule has 5 heteroatoms. The normalized spacial score (nSPS) is 10.7. The quantitative estimate of drug-likeness (QED) is 0.709. The van der Waals surface area contributed by atoms with Gasteiger partial charge in [0.15, 0.2) is 0 Å². The topological polar surface area (TPSA) is 51.8 Å². The van der Waals surface area contributed by atoms with Crippen molar-refractivity contribution in [3.05, 3.63) is 65.2 Å². The van der Waals surface area contributed by atoms with Crippen LogP contribution in [0.5, 0.6) is 0 Å². The molecule has 2 N–H and O–H groups in total. The summed E-state index contributed by atoms with van der Waals surface area (Å²) in [7, 11) is 0. The molecule has 1 aromatic carbocycles. The summed E-state index contributed by atoms with van der Waals surface area (Å²) >= 11 is 6.04. The third-order valence-corrected chi connectivity index (χ3v) is 3.46. The highest BCUT2D eigenvalue weighted by molar-refractivity contribution is 6.29. The maximum Gasteiger partial charge on any atom is 0.129 e. The van der Waals surface area contributed by atoms with E-state index in [1.165, 1.54) is 12.1 Å². The van der Waals surface area contributed by atoms with Crippen molar-refractivity contribution >= 4 is 17.4 Å². The summed E-state index contributed by atoms with van der Waals surface area (Å²) in [5.74, 6) is 0.108. The lowest BCUT2D eigenvalue weighted by atomic mass is 9.99. The summed E-state index contributed by atoms with van der Waals surface area (Å²) in [6, 6.07) is 13.5. The SMILES string of the molecule is Cc1cc(-c2ccc(N)nc2-c2ccc(F)cc2)cc(Cl)n1. The highest BCUT2D eigenvalue weighted by atomic mass is 35.5. The minimum atomic E-state index is -0.294. The predicted molar refractivity (Wildman–Crippen MR) is 87.0 cm³/mol. The van der Waals surface area contributed by atoms with E-state index in [1.807, 2.05) is 19.1 Å². The van der Waals surface area contributed by atoms with E-state index in [0.717, 1.165) is 22.4 Å². The fourth-order valence-electron chi connectivity index (χ4n) is 2.32. The highest BCUT2D eigenvalue weighted by Gasteiger charge is 2.11. The molecule has 110 valence electrons. The van der Waals surface area contributed by atoms with Crippen LogP contribution in [-0.4, -0.2) is 9.97 Å². The van der Waals surface area contributed by atoms with Gasteiger partial charge in [-0.25, -0.2) is 14.4 Å². The minimum absolute atomic E-state index is 0.294. The van der Waals surface area contributed by atoms with E-state index in [2.05, 4.69) is 9.97 Å². The van der Waals surface area contributed by atoms with Crippen LogP contribution >= 0.6 is 11.6 Å². The zero-order valence-electron chi connectivity index (χ0n) is 11.8. The molecule has 2 aromatic heterocycles. The third kappa shape index (κ3) is 2.92. The number of nitrogens with two attached hydrogens (primary N) is 1. The Hall–Kier alpha value is -2.46. The number of nitrogen functional groups attached to an aromatic ring is 1. The van der Waals surface area contributed by atoms with Crippen LogP contribution in [0.1, 0.15) is 5.69 Å². The lowest BCUT2D eigenvalue weighted by molar-refractivity contribution is 0.628. The fraction of sp³-hybridized carbons (Fsp3) is 0.0588. The number of anilines is 1. The van der Waals surface area contributed by atoms with Crippen molar-refractivity contribution in [2.75, 3.05) is 5.73 Å². The zero-order valence-corrected chi connectivity index (χ0v) is 12.6. The second kappa shape index (κ2) is 5.73. The van der Waals surface area contributed by atoms with Gasteiger partial charge >= 0.3 is 0 Å². The number of aryl methyl sites for hydroxylation is 1. The zero-order chi connectivity index (χ0) is 15.7. The smallest absolute Gasteiger partial charge is 0.129 e. The van der Waals surface area contributed by atoms with E-state index in [-0.39, 0.29) is 5.82 Å². The Morgan fingerprint density at radius 1 is 0.955 bits per heavy atom. The van der Waals surface area contributed by atoms with Crippen LogP contribution in [-0.2, 0) is 0 Å². The molecule has 0 spiro atoms. The van der Waals surface area contributed by atoms with Gasteiger partial charge in [0.25, 0.3) is 0 Å². The van der Waals surface area contributed by atoms with Gasteiger partial charge in [-0.1, -0.05) is 11.6 Å². The van der Waals surface area contributed by atoms with Crippen molar-refractivity contribution < 1.29 is 4.39 Å². The minimum Gasteiger partial charge on any atom is -0.384 e. The molecule has 0 fully saturated rings. The van der Waals surface area contributed by atoms with E-state index < -0.39 is 0 Å².